The van der Waals surface area contributed by atoms with Crippen molar-refractivity contribution in [1.29, 1.82) is 0 Å². The number of aromatic hydroxyl groups is 1. The SMILES string of the molecule is C[C@@H]1CCC2Nn3ccc(=O)c(O)c3C(=O)N2C1. The number of carbonyl (C=O) groups is 1. The van der Waals surface area contributed by atoms with Crippen molar-refractivity contribution in [3.8, 4) is 5.75 Å². The van der Waals surface area contributed by atoms with E-state index in [0.717, 1.165) is 12.8 Å². The van der Waals surface area contributed by atoms with Gasteiger partial charge >= 0.3 is 0 Å². The van der Waals surface area contributed by atoms with Crippen LogP contribution in [0.15, 0.2) is 17.1 Å². The Bertz CT molecular complexity index is 566. The van der Waals surface area contributed by atoms with Crippen molar-refractivity contribution in [2.45, 2.75) is 25.9 Å². The van der Waals surface area contributed by atoms with Gasteiger partial charge in [-0.05, 0) is 18.8 Å². The van der Waals surface area contributed by atoms with E-state index in [4.69, 9.17) is 0 Å². The van der Waals surface area contributed by atoms with Gasteiger partial charge in [0.15, 0.2) is 11.4 Å². The largest absolute Gasteiger partial charge is 0.502 e. The summed E-state index contributed by atoms with van der Waals surface area (Å²) in [7, 11) is 0. The molecule has 3 rings (SSSR count). The highest BCUT2D eigenvalue weighted by molar-refractivity contribution is 5.96. The van der Waals surface area contributed by atoms with Gasteiger partial charge in [-0.3, -0.25) is 14.3 Å². The van der Waals surface area contributed by atoms with E-state index in [1.54, 1.807) is 4.90 Å². The highest BCUT2D eigenvalue weighted by atomic mass is 16.3. The molecule has 1 fully saturated rings. The van der Waals surface area contributed by atoms with E-state index in [9.17, 15) is 14.7 Å². The minimum absolute atomic E-state index is 0.0350. The number of nitrogens with zero attached hydrogens (tertiary/aromatic N) is 2. The van der Waals surface area contributed by atoms with Crippen LogP contribution in [0, 0.1) is 5.92 Å². The van der Waals surface area contributed by atoms with E-state index in [2.05, 4.69) is 12.3 Å². The van der Waals surface area contributed by atoms with Crippen molar-refractivity contribution in [3.05, 3.63) is 28.2 Å². The summed E-state index contributed by atoms with van der Waals surface area (Å²) >= 11 is 0. The zero-order valence-electron chi connectivity index (χ0n) is 10.1. The standard InChI is InChI=1S/C12H15N3O3/c1-7-2-3-9-13-15-5-4-8(16)11(17)10(15)12(18)14(9)6-7/h4-5,7,9,13,17H,2-3,6H2,1H3/t7-,9?/m1/s1. The van der Waals surface area contributed by atoms with Gasteiger partial charge in [0.05, 0.1) is 0 Å². The number of rotatable bonds is 0. The van der Waals surface area contributed by atoms with E-state index < -0.39 is 11.2 Å². The topological polar surface area (TPSA) is 74.6 Å². The van der Waals surface area contributed by atoms with Crippen molar-refractivity contribution < 1.29 is 9.90 Å². The van der Waals surface area contributed by atoms with Crippen LogP contribution in [0.2, 0.25) is 0 Å². The number of nitrogens with one attached hydrogen (secondary N) is 1. The van der Waals surface area contributed by atoms with E-state index in [1.165, 1.54) is 16.9 Å². The van der Waals surface area contributed by atoms with Gasteiger partial charge < -0.3 is 15.4 Å². The Hall–Kier alpha value is -1.98. The lowest BCUT2D eigenvalue weighted by Crippen LogP contribution is -2.57. The molecule has 2 aliphatic rings. The van der Waals surface area contributed by atoms with Crippen LogP contribution >= 0.6 is 0 Å². The lowest BCUT2D eigenvalue weighted by atomic mass is 9.97. The summed E-state index contributed by atoms with van der Waals surface area (Å²) < 4.78 is 1.45. The van der Waals surface area contributed by atoms with Crippen molar-refractivity contribution in [3.63, 3.8) is 0 Å². The first-order chi connectivity index (χ1) is 8.58. The molecule has 6 heteroatoms. The minimum atomic E-state index is -0.528. The highest BCUT2D eigenvalue weighted by Gasteiger charge is 2.37. The minimum Gasteiger partial charge on any atom is -0.502 e. The first-order valence-corrected chi connectivity index (χ1v) is 6.10. The number of amides is 1. The predicted molar refractivity (Wildman–Crippen MR) is 65.0 cm³/mol. The average molecular weight is 249 g/mol. The van der Waals surface area contributed by atoms with Gasteiger partial charge in [-0.15, -0.1) is 0 Å². The lowest BCUT2D eigenvalue weighted by Gasteiger charge is -2.43. The summed E-state index contributed by atoms with van der Waals surface area (Å²) in [5, 5.41) is 9.75. The van der Waals surface area contributed by atoms with Gasteiger partial charge in [-0.1, -0.05) is 6.92 Å². The zero-order chi connectivity index (χ0) is 12.9. The molecule has 1 amide bonds. The van der Waals surface area contributed by atoms with Gasteiger partial charge in [0.25, 0.3) is 5.91 Å². The van der Waals surface area contributed by atoms with Crippen LogP contribution in [-0.2, 0) is 0 Å². The molecule has 1 aromatic heterocycles. The van der Waals surface area contributed by atoms with E-state index in [-0.39, 0.29) is 17.8 Å². The van der Waals surface area contributed by atoms with Gasteiger partial charge in [-0.2, -0.15) is 0 Å². The maximum absolute atomic E-state index is 12.3. The Kier molecular flexibility index (Phi) is 2.33. The second-order valence-electron chi connectivity index (χ2n) is 5.03. The molecule has 6 nitrogen and oxygen atoms in total. The molecule has 0 aromatic carbocycles. The molecule has 2 atom stereocenters. The normalized spacial score (nSPS) is 26.3. The first-order valence-electron chi connectivity index (χ1n) is 6.10. The van der Waals surface area contributed by atoms with Crippen LogP contribution in [0.4, 0.5) is 0 Å². The third-order valence-corrected chi connectivity index (χ3v) is 3.64. The van der Waals surface area contributed by atoms with Gasteiger partial charge in [-0.25, -0.2) is 0 Å². The van der Waals surface area contributed by atoms with Crippen LogP contribution in [-0.4, -0.2) is 33.3 Å². The summed E-state index contributed by atoms with van der Waals surface area (Å²) in [6.45, 7) is 2.75. The van der Waals surface area contributed by atoms with Crippen LogP contribution in [0.25, 0.3) is 0 Å². The van der Waals surface area contributed by atoms with Crippen molar-refractivity contribution in [1.82, 2.24) is 9.58 Å². The second-order valence-corrected chi connectivity index (χ2v) is 5.03. The molecule has 0 spiro atoms. The monoisotopic (exact) mass is 249 g/mol. The molecule has 1 unspecified atom stereocenters. The Balaban J connectivity index is 2.08. The first kappa shape index (κ1) is 11.1. The molecule has 3 heterocycles. The maximum atomic E-state index is 12.3. The van der Waals surface area contributed by atoms with Gasteiger partial charge in [0.2, 0.25) is 5.43 Å². The molecule has 0 aliphatic carbocycles. The molecule has 0 radical (unpaired) electrons. The number of hydrogen-bond acceptors (Lipinski definition) is 4. The van der Waals surface area contributed by atoms with Crippen molar-refractivity contribution in [2.24, 2.45) is 5.92 Å². The summed E-state index contributed by atoms with van der Waals surface area (Å²) in [5.41, 5.74) is 2.65. The second kappa shape index (κ2) is 3.76. The Labute approximate surface area is 104 Å². The third-order valence-electron chi connectivity index (χ3n) is 3.64. The summed E-state index contributed by atoms with van der Waals surface area (Å²) in [5.74, 6) is -0.316. The Morgan fingerprint density at radius 1 is 1.39 bits per heavy atom. The zero-order valence-corrected chi connectivity index (χ0v) is 10.1. The fourth-order valence-corrected chi connectivity index (χ4v) is 2.65. The number of carbonyl (C=O) groups excluding carboxylic acids is 1. The number of piperidine rings is 1. The molecule has 2 N–H and O–H groups in total. The molecular weight excluding hydrogens is 234 g/mol. The summed E-state index contributed by atoms with van der Waals surface area (Å²) in [4.78, 5) is 25.4. The summed E-state index contributed by atoms with van der Waals surface area (Å²) in [6, 6.07) is 1.25. The van der Waals surface area contributed by atoms with Crippen LogP contribution in [0.3, 0.4) is 0 Å². The molecular formula is C12H15N3O3. The number of hydrogen-bond donors (Lipinski definition) is 2. The lowest BCUT2D eigenvalue weighted by molar-refractivity contribution is 0.0503. The molecule has 2 aliphatic heterocycles. The average Bonchev–Trinajstić information content (AvgIpc) is 2.35. The molecule has 0 saturated carbocycles. The number of pyridine rings is 1. The number of aromatic nitrogens is 1. The van der Waals surface area contributed by atoms with Crippen LogP contribution in [0.5, 0.6) is 5.75 Å². The van der Waals surface area contributed by atoms with Crippen LogP contribution in [0.1, 0.15) is 30.3 Å². The van der Waals surface area contributed by atoms with E-state index >= 15 is 0 Å². The fraction of sp³-hybridized carbons (Fsp3) is 0.500. The fourth-order valence-electron chi connectivity index (χ4n) is 2.65. The predicted octanol–water partition coefficient (Wildman–Crippen LogP) is 0.309. The van der Waals surface area contributed by atoms with Gasteiger partial charge in [0.1, 0.15) is 6.17 Å². The highest BCUT2D eigenvalue weighted by Crippen LogP contribution is 2.27. The van der Waals surface area contributed by atoms with E-state index in [0.29, 0.717) is 12.5 Å². The van der Waals surface area contributed by atoms with Crippen LogP contribution < -0.4 is 10.9 Å². The molecule has 96 valence electrons. The van der Waals surface area contributed by atoms with Crippen molar-refractivity contribution in [2.75, 3.05) is 12.0 Å². The Morgan fingerprint density at radius 2 is 2.17 bits per heavy atom. The maximum Gasteiger partial charge on any atom is 0.278 e. The molecule has 1 saturated heterocycles. The molecule has 1 aromatic rings. The van der Waals surface area contributed by atoms with E-state index in [1.807, 2.05) is 0 Å². The van der Waals surface area contributed by atoms with Gasteiger partial charge in [0, 0.05) is 18.8 Å². The molecule has 0 bridgehead atoms. The molecule has 18 heavy (non-hydrogen) atoms. The Morgan fingerprint density at radius 3 is 2.94 bits per heavy atom. The quantitative estimate of drug-likeness (QED) is 0.694. The van der Waals surface area contributed by atoms with Crippen molar-refractivity contribution >= 4 is 5.91 Å². The summed E-state index contributed by atoms with van der Waals surface area (Å²) in [6.07, 6.45) is 3.37. The smallest absolute Gasteiger partial charge is 0.278 e. The number of fused-ring (bicyclic) bond motifs is 2. The third kappa shape index (κ3) is 1.48.